The third kappa shape index (κ3) is 4.34. The Morgan fingerprint density at radius 3 is 2.32 bits per heavy atom. The van der Waals surface area contributed by atoms with Crippen LogP contribution in [0.2, 0.25) is 10.0 Å². The van der Waals surface area contributed by atoms with Crippen LogP contribution < -0.4 is 0 Å². The maximum absolute atomic E-state index is 12.9. The lowest BCUT2D eigenvalue weighted by molar-refractivity contribution is -0.147. The van der Waals surface area contributed by atoms with E-state index in [-0.39, 0.29) is 18.0 Å². The van der Waals surface area contributed by atoms with Crippen molar-refractivity contribution in [2.75, 3.05) is 33.3 Å². The molecular formula is C19H20Cl2N2O4S. The average Bonchev–Trinajstić information content (AvgIpc) is 2.70. The van der Waals surface area contributed by atoms with E-state index in [2.05, 4.69) is 0 Å². The molecule has 0 unspecified atom stereocenters. The standard InChI is InChI=1S/C19H20Cl2N2O4S/c1-27-19(24)18(16-7-2-3-8-17(16)21)22-9-11-23(12-10-22)28(25,26)15-6-4-5-14(20)13-15/h2-8,13,18H,9-12H2,1H3/t18-/m1/s1. The molecule has 2 aromatic rings. The summed E-state index contributed by atoms with van der Waals surface area (Å²) in [4.78, 5) is 14.5. The molecule has 1 heterocycles. The van der Waals surface area contributed by atoms with E-state index < -0.39 is 22.0 Å². The summed E-state index contributed by atoms with van der Waals surface area (Å²) < 4.78 is 32.1. The number of esters is 1. The highest BCUT2D eigenvalue weighted by Crippen LogP contribution is 2.30. The summed E-state index contributed by atoms with van der Waals surface area (Å²) in [6.45, 7) is 1.22. The van der Waals surface area contributed by atoms with Gasteiger partial charge in [0.1, 0.15) is 6.04 Å². The summed E-state index contributed by atoms with van der Waals surface area (Å²) in [6.07, 6.45) is 0. The molecular weight excluding hydrogens is 423 g/mol. The third-order valence-corrected chi connectivity index (χ3v) is 7.17. The molecule has 0 bridgehead atoms. The van der Waals surface area contributed by atoms with E-state index in [4.69, 9.17) is 27.9 Å². The van der Waals surface area contributed by atoms with Gasteiger partial charge >= 0.3 is 5.97 Å². The van der Waals surface area contributed by atoms with Crippen LogP contribution in [0.1, 0.15) is 11.6 Å². The van der Waals surface area contributed by atoms with Gasteiger partial charge in [-0.25, -0.2) is 13.2 Å². The second kappa shape index (κ2) is 8.80. The molecule has 0 saturated carbocycles. The maximum Gasteiger partial charge on any atom is 0.327 e. The summed E-state index contributed by atoms with van der Waals surface area (Å²) in [5.41, 5.74) is 0.641. The van der Waals surface area contributed by atoms with Crippen LogP contribution in [-0.4, -0.2) is 56.9 Å². The molecule has 3 rings (SSSR count). The Labute approximate surface area is 174 Å². The second-order valence-corrected chi connectivity index (χ2v) is 9.13. The number of halogens is 2. The molecule has 0 spiro atoms. The zero-order valence-corrected chi connectivity index (χ0v) is 17.5. The summed E-state index contributed by atoms with van der Waals surface area (Å²) >= 11 is 12.2. The molecule has 9 heteroatoms. The molecule has 1 saturated heterocycles. The van der Waals surface area contributed by atoms with Crippen LogP contribution in [0.25, 0.3) is 0 Å². The maximum atomic E-state index is 12.9. The molecule has 0 aromatic heterocycles. The smallest absolute Gasteiger partial charge is 0.327 e. The molecule has 0 N–H and O–H groups in total. The van der Waals surface area contributed by atoms with Crippen molar-refractivity contribution in [3.8, 4) is 0 Å². The normalized spacial score (nSPS) is 17.2. The van der Waals surface area contributed by atoms with Crippen LogP contribution in [0.5, 0.6) is 0 Å². The van der Waals surface area contributed by atoms with Gasteiger partial charge in [0.15, 0.2) is 0 Å². The summed E-state index contributed by atoms with van der Waals surface area (Å²) in [6, 6.07) is 12.6. The molecule has 1 aliphatic heterocycles. The molecule has 0 amide bonds. The third-order valence-electron chi connectivity index (χ3n) is 4.70. The number of carbonyl (C=O) groups is 1. The highest BCUT2D eigenvalue weighted by molar-refractivity contribution is 7.89. The van der Waals surface area contributed by atoms with Gasteiger partial charge in [0.2, 0.25) is 10.0 Å². The van der Waals surface area contributed by atoms with Gasteiger partial charge < -0.3 is 4.74 Å². The summed E-state index contributed by atoms with van der Waals surface area (Å²) in [5, 5.41) is 0.830. The number of hydrogen-bond acceptors (Lipinski definition) is 5. The second-order valence-electron chi connectivity index (χ2n) is 6.34. The van der Waals surface area contributed by atoms with Crippen LogP contribution in [0.4, 0.5) is 0 Å². The van der Waals surface area contributed by atoms with E-state index in [1.165, 1.54) is 23.5 Å². The lowest BCUT2D eigenvalue weighted by atomic mass is 10.0. The highest BCUT2D eigenvalue weighted by atomic mass is 35.5. The first kappa shape index (κ1) is 21.1. The van der Waals surface area contributed by atoms with E-state index in [0.717, 1.165) is 0 Å². The average molecular weight is 443 g/mol. The van der Waals surface area contributed by atoms with E-state index in [9.17, 15) is 13.2 Å². The predicted molar refractivity (Wildman–Crippen MR) is 108 cm³/mol. The van der Waals surface area contributed by atoms with Gasteiger partial charge in [0.25, 0.3) is 0 Å². The Bertz CT molecular complexity index is 960. The molecule has 6 nitrogen and oxygen atoms in total. The molecule has 0 aliphatic carbocycles. The van der Waals surface area contributed by atoms with Crippen LogP contribution in [-0.2, 0) is 19.6 Å². The minimum absolute atomic E-state index is 0.157. The number of sulfonamides is 1. The number of rotatable bonds is 5. The Balaban J connectivity index is 1.79. The number of piperazine rings is 1. The van der Waals surface area contributed by atoms with Gasteiger partial charge in [-0.3, -0.25) is 4.90 Å². The van der Waals surface area contributed by atoms with E-state index in [1.54, 1.807) is 36.4 Å². The lowest BCUT2D eigenvalue weighted by Gasteiger charge is -2.37. The summed E-state index contributed by atoms with van der Waals surface area (Å²) in [7, 11) is -2.33. The predicted octanol–water partition coefficient (Wildman–Crippen LogP) is 3.21. The molecule has 0 radical (unpaired) electrons. The van der Waals surface area contributed by atoms with Gasteiger partial charge in [-0.05, 0) is 29.8 Å². The van der Waals surface area contributed by atoms with Crippen molar-refractivity contribution < 1.29 is 17.9 Å². The van der Waals surface area contributed by atoms with Gasteiger partial charge in [0, 0.05) is 36.2 Å². The largest absolute Gasteiger partial charge is 0.468 e. The molecule has 2 aromatic carbocycles. The Kier molecular flexibility index (Phi) is 6.62. The van der Waals surface area contributed by atoms with Gasteiger partial charge in [-0.15, -0.1) is 0 Å². The SMILES string of the molecule is COC(=O)[C@@H](c1ccccc1Cl)N1CCN(S(=O)(=O)c2cccc(Cl)c2)CC1. The van der Waals surface area contributed by atoms with Crippen LogP contribution in [0, 0.1) is 0 Å². The number of ether oxygens (including phenoxy) is 1. The van der Waals surface area contributed by atoms with E-state index in [1.807, 2.05) is 4.90 Å². The number of carbonyl (C=O) groups excluding carboxylic acids is 1. The number of nitrogens with zero attached hydrogens (tertiary/aromatic N) is 2. The van der Waals surface area contributed by atoms with Crippen LogP contribution in [0.3, 0.4) is 0 Å². The Hall–Kier alpha value is -1.64. The monoisotopic (exact) mass is 442 g/mol. The van der Waals surface area contributed by atoms with Gasteiger partial charge in [0.05, 0.1) is 12.0 Å². The van der Waals surface area contributed by atoms with Crippen LogP contribution in [0.15, 0.2) is 53.4 Å². The lowest BCUT2D eigenvalue weighted by Crippen LogP contribution is -2.51. The fourth-order valence-electron chi connectivity index (χ4n) is 3.26. The molecule has 150 valence electrons. The number of benzene rings is 2. The summed E-state index contributed by atoms with van der Waals surface area (Å²) in [5.74, 6) is -0.431. The van der Waals surface area contributed by atoms with Crippen molar-refractivity contribution in [2.24, 2.45) is 0 Å². The van der Waals surface area contributed by atoms with Crippen molar-refractivity contribution in [1.82, 2.24) is 9.21 Å². The fourth-order valence-corrected chi connectivity index (χ4v) is 5.22. The minimum Gasteiger partial charge on any atom is -0.468 e. The van der Waals surface area contributed by atoms with Crippen molar-refractivity contribution in [2.45, 2.75) is 10.9 Å². The van der Waals surface area contributed by atoms with Crippen molar-refractivity contribution in [3.05, 3.63) is 64.1 Å². The molecule has 1 atom stereocenters. The Morgan fingerprint density at radius 2 is 1.71 bits per heavy atom. The van der Waals surface area contributed by atoms with Gasteiger partial charge in [-0.1, -0.05) is 47.5 Å². The van der Waals surface area contributed by atoms with E-state index in [0.29, 0.717) is 28.7 Å². The fraction of sp³-hybridized carbons (Fsp3) is 0.316. The number of hydrogen-bond donors (Lipinski definition) is 0. The Morgan fingerprint density at radius 1 is 1.04 bits per heavy atom. The number of methoxy groups -OCH3 is 1. The molecule has 28 heavy (non-hydrogen) atoms. The quantitative estimate of drug-likeness (QED) is 0.664. The first-order valence-electron chi connectivity index (χ1n) is 8.66. The highest BCUT2D eigenvalue weighted by Gasteiger charge is 2.35. The molecule has 1 aliphatic rings. The zero-order valence-electron chi connectivity index (χ0n) is 15.2. The first-order valence-corrected chi connectivity index (χ1v) is 10.9. The zero-order chi connectivity index (χ0) is 20.3. The van der Waals surface area contributed by atoms with Gasteiger partial charge in [-0.2, -0.15) is 4.31 Å². The van der Waals surface area contributed by atoms with Crippen molar-refractivity contribution >= 4 is 39.2 Å². The van der Waals surface area contributed by atoms with Crippen molar-refractivity contribution in [1.29, 1.82) is 0 Å². The van der Waals surface area contributed by atoms with E-state index >= 15 is 0 Å². The molecule has 1 fully saturated rings. The topological polar surface area (TPSA) is 66.9 Å². The first-order chi connectivity index (χ1) is 13.3. The van der Waals surface area contributed by atoms with Crippen molar-refractivity contribution in [3.63, 3.8) is 0 Å². The minimum atomic E-state index is -3.65. The van der Waals surface area contributed by atoms with Crippen LogP contribution >= 0.6 is 23.2 Å².